The molecule has 0 aliphatic heterocycles. The number of benzene rings is 1. The lowest BCUT2D eigenvalue weighted by Gasteiger charge is -2.05. The van der Waals surface area contributed by atoms with Gasteiger partial charge < -0.3 is 9.67 Å². The number of rotatable bonds is 4. The zero-order valence-corrected chi connectivity index (χ0v) is 9.68. The molecule has 0 spiro atoms. The van der Waals surface area contributed by atoms with Crippen LogP contribution in [0.3, 0.4) is 0 Å². The number of carbonyl (C=O) groups is 1. The first kappa shape index (κ1) is 12.5. The van der Waals surface area contributed by atoms with Gasteiger partial charge in [0.25, 0.3) is 5.91 Å². The highest BCUT2D eigenvalue weighted by Crippen LogP contribution is 2.18. The molecule has 18 heavy (non-hydrogen) atoms. The number of aromatic nitrogens is 2. The third kappa shape index (κ3) is 2.31. The van der Waals surface area contributed by atoms with Crippen LogP contribution < -0.4 is 5.48 Å². The Hall–Kier alpha value is -1.99. The number of nitrogens with zero attached hydrogens (tertiary/aromatic N) is 2. The van der Waals surface area contributed by atoms with Gasteiger partial charge in [0.1, 0.15) is 5.52 Å². The Morgan fingerprint density at radius 1 is 1.61 bits per heavy atom. The molecule has 1 heterocycles. The van der Waals surface area contributed by atoms with Crippen LogP contribution in [0.4, 0.5) is 4.39 Å². The fraction of sp³-hybridized carbons (Fsp3) is 0.273. The van der Waals surface area contributed by atoms with Crippen molar-refractivity contribution in [3.05, 3.63) is 29.8 Å². The number of aryl methyl sites for hydroxylation is 1. The van der Waals surface area contributed by atoms with E-state index in [1.807, 2.05) is 0 Å². The third-order valence-corrected chi connectivity index (χ3v) is 2.40. The van der Waals surface area contributed by atoms with Gasteiger partial charge in [0.2, 0.25) is 0 Å². The van der Waals surface area contributed by atoms with Crippen LogP contribution in [0.25, 0.3) is 11.0 Å². The number of hydrogen-bond acceptors (Lipinski definition) is 4. The number of carbonyl (C=O) groups excluding carboxylic acids is 1. The highest BCUT2D eigenvalue weighted by atomic mass is 19.1. The van der Waals surface area contributed by atoms with Crippen LogP contribution in [-0.4, -0.2) is 33.8 Å². The molecule has 0 fully saturated rings. The molecule has 2 aromatic rings. The van der Waals surface area contributed by atoms with Gasteiger partial charge in [-0.05, 0) is 12.1 Å². The summed E-state index contributed by atoms with van der Waals surface area (Å²) in [5, 5.41) is 8.50. The smallest absolute Gasteiger partial charge is 0.275 e. The fourth-order valence-corrected chi connectivity index (χ4v) is 1.54. The molecule has 0 aliphatic rings. The van der Waals surface area contributed by atoms with Crippen LogP contribution in [0, 0.1) is 5.82 Å². The summed E-state index contributed by atoms with van der Waals surface area (Å²) in [7, 11) is 1.71. The summed E-state index contributed by atoms with van der Waals surface area (Å²) in [4.78, 5) is 20.2. The molecule has 96 valence electrons. The number of nitrogens with one attached hydrogen (secondary N) is 1. The van der Waals surface area contributed by atoms with Crippen molar-refractivity contribution in [3.63, 3.8) is 0 Å². The largest absolute Gasteiger partial charge is 0.394 e. The Balaban J connectivity index is 2.28. The molecular weight excluding hydrogens is 241 g/mol. The maximum atomic E-state index is 13.7. The number of fused-ring (bicyclic) bond motifs is 1. The maximum Gasteiger partial charge on any atom is 0.275 e. The molecular formula is C11H12FN3O3. The molecule has 1 amide bonds. The van der Waals surface area contributed by atoms with Crippen LogP contribution in [0.15, 0.2) is 18.5 Å². The van der Waals surface area contributed by atoms with Gasteiger partial charge in [-0.15, -0.1) is 0 Å². The predicted molar refractivity (Wildman–Crippen MR) is 61.2 cm³/mol. The predicted octanol–water partition coefficient (Wildman–Crippen LogP) is 0.366. The summed E-state index contributed by atoms with van der Waals surface area (Å²) in [6, 6.07) is 2.61. The van der Waals surface area contributed by atoms with E-state index in [0.717, 1.165) is 6.07 Å². The molecule has 7 heteroatoms. The summed E-state index contributed by atoms with van der Waals surface area (Å²) < 4.78 is 15.3. The van der Waals surface area contributed by atoms with E-state index in [1.165, 1.54) is 12.4 Å². The molecule has 0 radical (unpaired) electrons. The van der Waals surface area contributed by atoms with E-state index in [9.17, 15) is 9.18 Å². The van der Waals surface area contributed by atoms with Gasteiger partial charge in [0, 0.05) is 12.6 Å². The van der Waals surface area contributed by atoms with Gasteiger partial charge in [-0.3, -0.25) is 9.63 Å². The summed E-state index contributed by atoms with van der Waals surface area (Å²) in [6.07, 6.45) is 1.47. The SMILES string of the molecule is Cn1cnc2c(F)cc(C(=O)NOCCO)cc21. The van der Waals surface area contributed by atoms with E-state index in [2.05, 4.69) is 15.3 Å². The van der Waals surface area contributed by atoms with Gasteiger partial charge in [-0.2, -0.15) is 0 Å². The average Bonchev–Trinajstić information content (AvgIpc) is 2.72. The van der Waals surface area contributed by atoms with Gasteiger partial charge in [0.15, 0.2) is 5.82 Å². The summed E-state index contributed by atoms with van der Waals surface area (Å²) in [6.45, 7) is -0.239. The van der Waals surface area contributed by atoms with Gasteiger partial charge in [0.05, 0.1) is 25.1 Å². The Kier molecular flexibility index (Phi) is 3.54. The fourth-order valence-electron chi connectivity index (χ4n) is 1.54. The van der Waals surface area contributed by atoms with Crippen LogP contribution in [-0.2, 0) is 11.9 Å². The number of amides is 1. The van der Waals surface area contributed by atoms with Crippen LogP contribution in [0.5, 0.6) is 0 Å². The van der Waals surface area contributed by atoms with Crippen molar-refractivity contribution >= 4 is 16.9 Å². The van der Waals surface area contributed by atoms with Crippen molar-refractivity contribution in [3.8, 4) is 0 Å². The van der Waals surface area contributed by atoms with E-state index in [4.69, 9.17) is 5.11 Å². The van der Waals surface area contributed by atoms with Gasteiger partial charge in [-0.1, -0.05) is 0 Å². The second-order valence-corrected chi connectivity index (χ2v) is 3.68. The average molecular weight is 253 g/mol. The normalized spacial score (nSPS) is 10.8. The Labute approximate surface area is 102 Å². The Morgan fingerprint density at radius 2 is 2.39 bits per heavy atom. The summed E-state index contributed by atoms with van der Waals surface area (Å²) in [5.41, 5.74) is 2.96. The lowest BCUT2D eigenvalue weighted by molar-refractivity contribution is 0.0168. The lowest BCUT2D eigenvalue weighted by Crippen LogP contribution is -2.25. The van der Waals surface area contributed by atoms with E-state index in [0.29, 0.717) is 5.52 Å². The molecule has 1 aromatic heterocycles. The number of halogens is 1. The first-order valence-electron chi connectivity index (χ1n) is 5.27. The monoisotopic (exact) mass is 253 g/mol. The standard InChI is InChI=1S/C11H12FN3O3/c1-15-6-13-10-8(12)4-7(5-9(10)15)11(17)14-18-3-2-16/h4-6,16H,2-3H2,1H3,(H,14,17). The van der Waals surface area contributed by atoms with E-state index in [1.54, 1.807) is 11.6 Å². The molecule has 1 aromatic carbocycles. The topological polar surface area (TPSA) is 76.4 Å². The van der Waals surface area contributed by atoms with Crippen LogP contribution in [0.2, 0.25) is 0 Å². The number of aliphatic hydroxyl groups is 1. The highest BCUT2D eigenvalue weighted by Gasteiger charge is 2.13. The minimum atomic E-state index is -0.578. The van der Waals surface area contributed by atoms with E-state index in [-0.39, 0.29) is 24.3 Å². The minimum absolute atomic E-state index is 0.0256. The minimum Gasteiger partial charge on any atom is -0.394 e. The second kappa shape index (κ2) is 5.11. The number of imidazole rings is 1. The second-order valence-electron chi connectivity index (χ2n) is 3.68. The first-order valence-corrected chi connectivity index (χ1v) is 5.27. The molecule has 6 nitrogen and oxygen atoms in total. The number of hydrogen-bond donors (Lipinski definition) is 2. The Morgan fingerprint density at radius 3 is 3.11 bits per heavy atom. The molecule has 0 saturated carbocycles. The molecule has 0 atom stereocenters. The number of aliphatic hydroxyl groups excluding tert-OH is 1. The van der Waals surface area contributed by atoms with Crippen molar-refractivity contribution in [2.75, 3.05) is 13.2 Å². The van der Waals surface area contributed by atoms with Crippen molar-refractivity contribution in [1.29, 1.82) is 0 Å². The molecule has 0 aliphatic carbocycles. The zero-order chi connectivity index (χ0) is 13.1. The molecule has 2 N–H and O–H groups in total. The van der Waals surface area contributed by atoms with Crippen molar-refractivity contribution in [2.45, 2.75) is 0 Å². The third-order valence-electron chi connectivity index (χ3n) is 2.40. The summed E-state index contributed by atoms with van der Waals surface area (Å²) >= 11 is 0. The zero-order valence-electron chi connectivity index (χ0n) is 9.68. The maximum absolute atomic E-state index is 13.7. The van der Waals surface area contributed by atoms with Gasteiger partial charge in [-0.25, -0.2) is 14.9 Å². The van der Waals surface area contributed by atoms with Crippen LogP contribution >= 0.6 is 0 Å². The molecule has 2 rings (SSSR count). The highest BCUT2D eigenvalue weighted by molar-refractivity contribution is 5.96. The number of hydroxylamine groups is 1. The van der Waals surface area contributed by atoms with Crippen molar-refractivity contribution < 1.29 is 19.1 Å². The lowest BCUT2D eigenvalue weighted by atomic mass is 10.2. The van der Waals surface area contributed by atoms with Crippen LogP contribution in [0.1, 0.15) is 10.4 Å². The first-order chi connectivity index (χ1) is 8.63. The molecule has 0 bridgehead atoms. The molecule has 0 saturated heterocycles. The van der Waals surface area contributed by atoms with E-state index >= 15 is 0 Å². The molecule has 0 unspecified atom stereocenters. The van der Waals surface area contributed by atoms with Crippen molar-refractivity contribution in [1.82, 2.24) is 15.0 Å². The van der Waals surface area contributed by atoms with Gasteiger partial charge >= 0.3 is 0 Å². The Bertz CT molecular complexity index is 582. The van der Waals surface area contributed by atoms with Crippen molar-refractivity contribution in [2.24, 2.45) is 7.05 Å². The quantitative estimate of drug-likeness (QED) is 0.609. The van der Waals surface area contributed by atoms with E-state index < -0.39 is 11.7 Å². The summed E-state index contributed by atoms with van der Waals surface area (Å²) in [5.74, 6) is -1.15.